The Morgan fingerprint density at radius 1 is 1.06 bits per heavy atom. The lowest BCUT2D eigenvalue weighted by molar-refractivity contribution is -0.0291. The fraction of sp³-hybridized carbons (Fsp3) is 0.615. The molecular formula is C26H37N7O2. The van der Waals surface area contributed by atoms with Crippen LogP contribution in [-0.4, -0.2) is 61.4 Å². The van der Waals surface area contributed by atoms with Crippen molar-refractivity contribution in [3.05, 3.63) is 53.4 Å². The topological polar surface area (TPSA) is 83.1 Å². The largest absolute Gasteiger partial charge is 0.486 e. The highest BCUT2D eigenvalue weighted by Gasteiger charge is 2.30. The highest BCUT2D eigenvalue weighted by atomic mass is 16.5. The summed E-state index contributed by atoms with van der Waals surface area (Å²) in [6.45, 7) is 3.24. The molecule has 2 fully saturated rings. The van der Waals surface area contributed by atoms with Crippen LogP contribution in [-0.2, 0) is 18.4 Å². The average Bonchev–Trinajstić information content (AvgIpc) is 3.50. The van der Waals surface area contributed by atoms with Crippen LogP contribution in [0.15, 0.2) is 30.5 Å². The van der Waals surface area contributed by atoms with Crippen LogP contribution in [0.25, 0.3) is 0 Å². The van der Waals surface area contributed by atoms with Crippen LogP contribution in [0.5, 0.6) is 5.75 Å². The van der Waals surface area contributed by atoms with E-state index in [1.165, 1.54) is 5.56 Å². The maximum atomic E-state index is 6.10. The van der Waals surface area contributed by atoms with Gasteiger partial charge in [-0.15, -0.1) is 15.3 Å². The SMILES string of the molecule is Cc1cccc(OCc2nnc([C@H]3CC[C@H](n4cc([C@@H]5CC[C@@H](N(C)C)CO5)nn4)CC3)n2C)c1. The van der Waals surface area contributed by atoms with Crippen LogP contribution >= 0.6 is 0 Å². The molecule has 3 heterocycles. The molecule has 1 aliphatic heterocycles. The van der Waals surface area contributed by atoms with E-state index in [4.69, 9.17) is 9.47 Å². The second-order valence-corrected chi connectivity index (χ2v) is 10.3. The molecule has 35 heavy (non-hydrogen) atoms. The Morgan fingerprint density at radius 3 is 2.60 bits per heavy atom. The summed E-state index contributed by atoms with van der Waals surface area (Å²) in [6, 6.07) is 8.95. The van der Waals surface area contributed by atoms with Gasteiger partial charge >= 0.3 is 0 Å². The van der Waals surface area contributed by atoms with Crippen molar-refractivity contribution in [1.82, 2.24) is 34.7 Å². The van der Waals surface area contributed by atoms with Gasteiger partial charge in [0.1, 0.15) is 30.0 Å². The van der Waals surface area contributed by atoms with Crippen LogP contribution in [0.3, 0.4) is 0 Å². The van der Waals surface area contributed by atoms with Crippen molar-refractivity contribution in [2.24, 2.45) is 7.05 Å². The minimum absolute atomic E-state index is 0.0652. The molecule has 9 heteroatoms. The van der Waals surface area contributed by atoms with E-state index in [0.29, 0.717) is 24.6 Å². The van der Waals surface area contributed by atoms with Gasteiger partial charge in [0.25, 0.3) is 0 Å². The number of aromatic nitrogens is 6. The smallest absolute Gasteiger partial charge is 0.170 e. The van der Waals surface area contributed by atoms with E-state index >= 15 is 0 Å². The van der Waals surface area contributed by atoms with Crippen molar-refractivity contribution in [2.45, 2.75) is 76.2 Å². The highest BCUT2D eigenvalue weighted by molar-refractivity contribution is 5.27. The normalized spacial score (nSPS) is 25.2. The number of rotatable bonds is 7. The molecule has 2 atom stereocenters. The zero-order valence-electron chi connectivity index (χ0n) is 21.3. The van der Waals surface area contributed by atoms with E-state index in [9.17, 15) is 0 Å². The minimum Gasteiger partial charge on any atom is -0.486 e. The van der Waals surface area contributed by atoms with Gasteiger partial charge in [0, 0.05) is 19.0 Å². The first-order valence-corrected chi connectivity index (χ1v) is 12.8. The van der Waals surface area contributed by atoms with Crippen LogP contribution in [0.1, 0.15) is 79.5 Å². The summed E-state index contributed by atoms with van der Waals surface area (Å²) >= 11 is 0. The molecule has 0 spiro atoms. The first-order valence-electron chi connectivity index (χ1n) is 12.8. The first kappa shape index (κ1) is 23.9. The molecule has 2 aromatic heterocycles. The summed E-state index contributed by atoms with van der Waals surface area (Å²) < 4.78 is 16.2. The van der Waals surface area contributed by atoms with Crippen LogP contribution < -0.4 is 4.74 Å². The predicted molar refractivity (Wildman–Crippen MR) is 132 cm³/mol. The molecule has 5 rings (SSSR count). The summed E-state index contributed by atoms with van der Waals surface area (Å²) in [5.41, 5.74) is 2.15. The number of hydrogen-bond acceptors (Lipinski definition) is 7. The molecular weight excluding hydrogens is 442 g/mol. The van der Waals surface area contributed by atoms with Crippen LogP contribution in [0, 0.1) is 6.92 Å². The number of benzene rings is 1. The molecule has 0 amide bonds. The fourth-order valence-electron chi connectivity index (χ4n) is 5.30. The number of ether oxygens (including phenoxy) is 2. The Bertz CT molecular complexity index is 1110. The molecule has 1 saturated carbocycles. The van der Waals surface area contributed by atoms with Gasteiger partial charge < -0.3 is 18.9 Å². The van der Waals surface area contributed by atoms with Gasteiger partial charge in [0.2, 0.25) is 0 Å². The van der Waals surface area contributed by atoms with E-state index in [0.717, 1.165) is 68.2 Å². The molecule has 0 unspecified atom stereocenters. The third-order valence-electron chi connectivity index (χ3n) is 7.63. The molecule has 188 valence electrons. The summed E-state index contributed by atoms with van der Waals surface area (Å²) in [4.78, 5) is 2.24. The van der Waals surface area contributed by atoms with Crippen LogP contribution in [0.2, 0.25) is 0 Å². The van der Waals surface area contributed by atoms with Gasteiger partial charge in [-0.25, -0.2) is 4.68 Å². The number of hydrogen-bond donors (Lipinski definition) is 0. The monoisotopic (exact) mass is 479 g/mol. The van der Waals surface area contributed by atoms with Crippen molar-refractivity contribution >= 4 is 0 Å². The molecule has 0 radical (unpaired) electrons. The lowest BCUT2D eigenvalue weighted by Gasteiger charge is -2.32. The van der Waals surface area contributed by atoms with Gasteiger partial charge in [-0.05, 0) is 77.2 Å². The lowest BCUT2D eigenvalue weighted by Crippen LogP contribution is -2.36. The van der Waals surface area contributed by atoms with Gasteiger partial charge in [-0.3, -0.25) is 0 Å². The van der Waals surface area contributed by atoms with Crippen molar-refractivity contribution in [3.63, 3.8) is 0 Å². The maximum absolute atomic E-state index is 6.10. The van der Waals surface area contributed by atoms with Gasteiger partial charge in [-0.1, -0.05) is 17.3 Å². The average molecular weight is 480 g/mol. The summed E-state index contributed by atoms with van der Waals surface area (Å²) in [7, 11) is 6.27. The molecule has 1 aromatic carbocycles. The second-order valence-electron chi connectivity index (χ2n) is 10.3. The summed E-state index contributed by atoms with van der Waals surface area (Å²) in [5.74, 6) is 3.17. The molecule has 9 nitrogen and oxygen atoms in total. The Morgan fingerprint density at radius 2 is 1.89 bits per heavy atom. The quantitative estimate of drug-likeness (QED) is 0.507. The lowest BCUT2D eigenvalue weighted by atomic mass is 9.85. The van der Waals surface area contributed by atoms with Crippen molar-refractivity contribution in [1.29, 1.82) is 0 Å². The molecule has 1 saturated heterocycles. The molecule has 0 N–H and O–H groups in total. The zero-order chi connectivity index (χ0) is 24.4. The first-order chi connectivity index (χ1) is 17.0. The minimum atomic E-state index is 0.0652. The Labute approximate surface area is 207 Å². The van der Waals surface area contributed by atoms with Gasteiger partial charge in [0.15, 0.2) is 5.82 Å². The predicted octanol–water partition coefficient (Wildman–Crippen LogP) is 3.97. The maximum Gasteiger partial charge on any atom is 0.170 e. The van der Waals surface area contributed by atoms with E-state index in [1.54, 1.807) is 0 Å². The molecule has 3 aromatic rings. The van der Waals surface area contributed by atoms with Gasteiger partial charge in [0.05, 0.1) is 18.8 Å². The number of nitrogens with zero attached hydrogens (tertiary/aromatic N) is 7. The third kappa shape index (κ3) is 5.41. The second kappa shape index (κ2) is 10.5. The van der Waals surface area contributed by atoms with Crippen molar-refractivity contribution in [3.8, 4) is 5.75 Å². The Balaban J connectivity index is 1.14. The van der Waals surface area contributed by atoms with E-state index in [2.05, 4.69) is 67.9 Å². The number of aryl methyl sites for hydroxylation is 1. The van der Waals surface area contributed by atoms with E-state index < -0.39 is 0 Å². The highest BCUT2D eigenvalue weighted by Crippen LogP contribution is 2.37. The molecule has 2 aliphatic rings. The van der Waals surface area contributed by atoms with Crippen molar-refractivity contribution in [2.75, 3.05) is 20.7 Å². The Hall–Kier alpha value is -2.78. The molecule has 0 bridgehead atoms. The molecule has 1 aliphatic carbocycles. The van der Waals surface area contributed by atoms with Gasteiger partial charge in [-0.2, -0.15) is 0 Å². The van der Waals surface area contributed by atoms with E-state index in [-0.39, 0.29) is 6.10 Å². The van der Waals surface area contributed by atoms with Crippen LogP contribution in [0.4, 0.5) is 0 Å². The third-order valence-corrected chi connectivity index (χ3v) is 7.63. The van der Waals surface area contributed by atoms with E-state index in [1.807, 2.05) is 25.2 Å². The van der Waals surface area contributed by atoms with Crippen molar-refractivity contribution < 1.29 is 9.47 Å². The standard InChI is InChI=1S/C26H37N7O2/c1-18-6-5-7-22(14-18)34-17-25-28-29-26(32(25)4)19-8-10-20(11-9-19)33-15-23(27-30-33)24-13-12-21(16-35-24)31(2)3/h5-7,14-15,19-21,24H,8-13,16-17H2,1-4H3/t19-,20-,21-,24+/m1/s1. The summed E-state index contributed by atoms with van der Waals surface area (Å²) in [5, 5.41) is 17.9. The Kier molecular flexibility index (Phi) is 7.15. The summed E-state index contributed by atoms with van der Waals surface area (Å²) in [6.07, 6.45) is 8.55. The number of likely N-dealkylation sites (N-methyl/N-ethyl adjacent to an activating group) is 1. The zero-order valence-corrected chi connectivity index (χ0v) is 21.3. The fourth-order valence-corrected chi connectivity index (χ4v) is 5.30.